The molecule has 96 valence electrons. The van der Waals surface area contributed by atoms with E-state index >= 15 is 0 Å². The largest absolute Gasteiger partial charge is 0.390 e. The molecule has 0 N–H and O–H groups in total. The molecule has 18 heavy (non-hydrogen) atoms. The summed E-state index contributed by atoms with van der Waals surface area (Å²) in [6, 6.07) is 4.60. The molecule has 1 heterocycles. The molecule has 0 aliphatic carbocycles. The fraction of sp³-hybridized carbons (Fsp3) is 0.273. The van der Waals surface area contributed by atoms with E-state index in [2.05, 4.69) is 0 Å². The smallest absolute Gasteiger partial charge is 0.274 e. The normalized spacial score (nSPS) is 15.2. The van der Waals surface area contributed by atoms with Gasteiger partial charge in [0.15, 0.2) is 0 Å². The van der Waals surface area contributed by atoms with Gasteiger partial charge in [-0.1, -0.05) is 0 Å². The Hall–Kier alpha value is -1.12. The summed E-state index contributed by atoms with van der Waals surface area (Å²) >= 11 is 1.97. The first-order chi connectivity index (χ1) is 8.29. The number of fused-ring (bicyclic) bond motifs is 1. The first-order valence-corrected chi connectivity index (χ1v) is 6.10. The third kappa shape index (κ3) is 2.50. The Morgan fingerprint density at radius 2 is 1.72 bits per heavy atom. The maximum atomic E-state index is 12.1. The van der Waals surface area contributed by atoms with Crippen molar-refractivity contribution in [2.75, 3.05) is 6.54 Å². The molecular weight excluding hydrogens is 362 g/mol. The van der Waals surface area contributed by atoms with E-state index in [1.54, 1.807) is 6.07 Å². The van der Waals surface area contributed by atoms with Gasteiger partial charge in [0.2, 0.25) is 0 Å². The molecule has 0 aromatic heterocycles. The van der Waals surface area contributed by atoms with Crippen molar-refractivity contribution in [3.05, 3.63) is 32.9 Å². The fourth-order valence-corrected chi connectivity index (χ4v) is 2.20. The lowest BCUT2D eigenvalue weighted by Crippen LogP contribution is -2.33. The predicted octanol–water partition coefficient (Wildman–Crippen LogP) is 2.84. The van der Waals surface area contributed by atoms with Crippen molar-refractivity contribution < 1.29 is 22.8 Å². The van der Waals surface area contributed by atoms with Gasteiger partial charge in [-0.2, -0.15) is 13.2 Å². The highest BCUT2D eigenvalue weighted by molar-refractivity contribution is 14.1. The maximum absolute atomic E-state index is 12.1. The average Bonchev–Trinajstić information content (AvgIpc) is 2.48. The van der Waals surface area contributed by atoms with Crippen molar-refractivity contribution in [3.63, 3.8) is 0 Å². The van der Waals surface area contributed by atoms with Crippen molar-refractivity contribution >= 4 is 34.4 Å². The van der Waals surface area contributed by atoms with Crippen LogP contribution < -0.4 is 0 Å². The lowest BCUT2D eigenvalue weighted by Gasteiger charge is -2.14. The maximum Gasteiger partial charge on any atom is 0.390 e. The molecule has 2 rings (SSSR count). The number of carbonyl (C=O) groups excluding carboxylic acids is 2. The number of carbonyl (C=O) groups is 2. The molecule has 1 aliphatic rings. The Labute approximate surface area is 114 Å². The van der Waals surface area contributed by atoms with Crippen LogP contribution in [0.5, 0.6) is 0 Å². The third-order valence-corrected chi connectivity index (χ3v) is 3.22. The number of amides is 2. The molecule has 0 saturated heterocycles. The Morgan fingerprint density at radius 3 is 2.33 bits per heavy atom. The summed E-state index contributed by atoms with van der Waals surface area (Å²) in [5.41, 5.74) is 0.344. The molecule has 0 spiro atoms. The van der Waals surface area contributed by atoms with Crippen LogP contribution in [-0.4, -0.2) is 29.4 Å². The Kier molecular flexibility index (Phi) is 3.35. The summed E-state index contributed by atoms with van der Waals surface area (Å²) in [6.07, 6.45) is -5.57. The van der Waals surface area contributed by atoms with Crippen molar-refractivity contribution in [2.45, 2.75) is 12.6 Å². The summed E-state index contributed by atoms with van der Waals surface area (Å²) in [7, 11) is 0. The van der Waals surface area contributed by atoms with E-state index in [0.29, 0.717) is 4.90 Å². The minimum atomic E-state index is -4.39. The van der Waals surface area contributed by atoms with Crippen LogP contribution >= 0.6 is 22.6 Å². The van der Waals surface area contributed by atoms with Crippen LogP contribution in [0.3, 0.4) is 0 Å². The van der Waals surface area contributed by atoms with E-state index in [1.165, 1.54) is 12.1 Å². The number of benzene rings is 1. The Bertz CT molecular complexity index is 528. The zero-order valence-corrected chi connectivity index (χ0v) is 11.1. The molecule has 2 amide bonds. The predicted molar refractivity (Wildman–Crippen MR) is 65.2 cm³/mol. The lowest BCUT2D eigenvalue weighted by molar-refractivity contribution is -0.135. The number of hydrogen-bond acceptors (Lipinski definition) is 2. The lowest BCUT2D eigenvalue weighted by atomic mass is 10.1. The van der Waals surface area contributed by atoms with Gasteiger partial charge in [0, 0.05) is 10.1 Å². The highest BCUT2D eigenvalue weighted by Gasteiger charge is 2.38. The van der Waals surface area contributed by atoms with Gasteiger partial charge >= 0.3 is 6.18 Å². The number of halogens is 4. The first kappa shape index (κ1) is 13.3. The molecule has 1 aromatic carbocycles. The van der Waals surface area contributed by atoms with E-state index in [9.17, 15) is 22.8 Å². The van der Waals surface area contributed by atoms with Crippen molar-refractivity contribution in [1.82, 2.24) is 4.90 Å². The molecule has 0 atom stereocenters. The van der Waals surface area contributed by atoms with Crippen molar-refractivity contribution in [1.29, 1.82) is 0 Å². The molecule has 7 heteroatoms. The van der Waals surface area contributed by atoms with Gasteiger partial charge in [0.1, 0.15) is 0 Å². The van der Waals surface area contributed by atoms with E-state index < -0.39 is 31.0 Å². The van der Waals surface area contributed by atoms with Crippen LogP contribution in [-0.2, 0) is 0 Å². The van der Waals surface area contributed by atoms with Gasteiger partial charge < -0.3 is 0 Å². The van der Waals surface area contributed by atoms with Crippen molar-refractivity contribution in [2.24, 2.45) is 0 Å². The quantitative estimate of drug-likeness (QED) is 0.594. The molecule has 0 radical (unpaired) electrons. The number of alkyl halides is 3. The van der Waals surface area contributed by atoms with Gasteiger partial charge in [-0.05, 0) is 40.8 Å². The summed E-state index contributed by atoms with van der Waals surface area (Å²) in [5, 5.41) is 0. The molecule has 0 fully saturated rings. The van der Waals surface area contributed by atoms with E-state index in [-0.39, 0.29) is 11.1 Å². The zero-order valence-electron chi connectivity index (χ0n) is 8.92. The SMILES string of the molecule is O=C1c2ccc(I)cc2C(=O)N1CCC(F)(F)F. The second kappa shape index (κ2) is 4.52. The summed E-state index contributed by atoms with van der Waals surface area (Å²) < 4.78 is 37.1. The standard InChI is InChI=1S/C11H7F3INO2/c12-11(13,14)3-4-16-9(17)7-2-1-6(15)5-8(7)10(16)18/h1-2,5H,3-4H2. The minimum Gasteiger partial charge on any atom is -0.274 e. The van der Waals surface area contributed by atoms with Gasteiger partial charge in [-0.3, -0.25) is 14.5 Å². The Morgan fingerprint density at radius 1 is 1.11 bits per heavy atom. The number of rotatable bonds is 2. The molecule has 0 saturated carbocycles. The second-order valence-corrected chi connectivity index (χ2v) is 5.06. The number of hydrogen-bond donors (Lipinski definition) is 0. The molecule has 3 nitrogen and oxygen atoms in total. The molecular formula is C11H7F3INO2. The van der Waals surface area contributed by atoms with E-state index in [1.807, 2.05) is 22.6 Å². The average molecular weight is 369 g/mol. The summed E-state index contributed by atoms with van der Waals surface area (Å²) in [6.45, 7) is -0.633. The van der Waals surface area contributed by atoms with Crippen LogP contribution in [0.25, 0.3) is 0 Å². The topological polar surface area (TPSA) is 37.4 Å². The van der Waals surface area contributed by atoms with Gasteiger partial charge in [-0.15, -0.1) is 0 Å². The van der Waals surface area contributed by atoms with Crippen LogP contribution in [0.4, 0.5) is 13.2 Å². The summed E-state index contributed by atoms with van der Waals surface area (Å²) in [4.78, 5) is 24.2. The molecule has 0 unspecified atom stereocenters. The van der Waals surface area contributed by atoms with Crippen molar-refractivity contribution in [3.8, 4) is 0 Å². The van der Waals surface area contributed by atoms with Gasteiger partial charge in [0.05, 0.1) is 17.5 Å². The monoisotopic (exact) mass is 369 g/mol. The summed E-state index contributed by atoms with van der Waals surface area (Å²) in [5.74, 6) is -1.31. The van der Waals surface area contributed by atoms with E-state index in [4.69, 9.17) is 0 Å². The van der Waals surface area contributed by atoms with Crippen LogP contribution in [0, 0.1) is 3.57 Å². The van der Waals surface area contributed by atoms with Crippen LogP contribution in [0.2, 0.25) is 0 Å². The highest BCUT2D eigenvalue weighted by Crippen LogP contribution is 2.27. The Balaban J connectivity index is 2.23. The van der Waals surface area contributed by atoms with Crippen LogP contribution in [0.15, 0.2) is 18.2 Å². The van der Waals surface area contributed by atoms with Gasteiger partial charge in [0.25, 0.3) is 11.8 Å². The molecule has 1 aliphatic heterocycles. The number of nitrogens with zero attached hydrogens (tertiary/aromatic N) is 1. The fourth-order valence-electron chi connectivity index (χ4n) is 1.70. The second-order valence-electron chi connectivity index (χ2n) is 3.82. The molecule has 0 bridgehead atoms. The first-order valence-electron chi connectivity index (χ1n) is 5.02. The highest BCUT2D eigenvalue weighted by atomic mass is 127. The zero-order chi connectivity index (χ0) is 13.5. The third-order valence-electron chi connectivity index (χ3n) is 2.55. The van der Waals surface area contributed by atoms with E-state index in [0.717, 1.165) is 3.57 Å². The number of imide groups is 1. The van der Waals surface area contributed by atoms with Crippen LogP contribution in [0.1, 0.15) is 27.1 Å². The minimum absolute atomic E-state index is 0.169. The van der Waals surface area contributed by atoms with Gasteiger partial charge in [-0.25, -0.2) is 0 Å². The molecule has 1 aromatic rings.